The van der Waals surface area contributed by atoms with Crippen LogP contribution in [0.2, 0.25) is 0 Å². The number of nitrogens with zero attached hydrogens (tertiary/aromatic N) is 1. The van der Waals surface area contributed by atoms with Crippen molar-refractivity contribution in [3.63, 3.8) is 0 Å². The molecule has 33 heavy (non-hydrogen) atoms. The van der Waals surface area contributed by atoms with Crippen LogP contribution < -0.4 is 9.64 Å². The lowest BCUT2D eigenvalue weighted by Crippen LogP contribution is -2.29. The number of ether oxygens (including phenoxy) is 1. The number of halogens is 1. The van der Waals surface area contributed by atoms with E-state index < -0.39 is 36.1 Å². The molecule has 1 heterocycles. The zero-order valence-corrected chi connectivity index (χ0v) is 17.1. The molecule has 0 aliphatic carbocycles. The Labute approximate surface area is 188 Å². The fourth-order valence-electron chi connectivity index (χ4n) is 3.69. The summed E-state index contributed by atoms with van der Waals surface area (Å²) in [6.07, 6.45) is 0. The van der Waals surface area contributed by atoms with Crippen molar-refractivity contribution in [3.8, 4) is 5.75 Å². The van der Waals surface area contributed by atoms with Crippen LogP contribution in [-0.4, -0.2) is 34.5 Å². The van der Waals surface area contributed by atoms with Gasteiger partial charge in [-0.05, 0) is 42.0 Å². The number of ketones is 1. The Kier molecular flexibility index (Phi) is 5.91. The predicted octanol–water partition coefficient (Wildman–Crippen LogP) is 3.92. The van der Waals surface area contributed by atoms with Gasteiger partial charge in [0.15, 0.2) is 6.61 Å². The zero-order valence-electron chi connectivity index (χ0n) is 17.1. The molecule has 2 N–H and O–H groups in total. The molecule has 0 spiro atoms. The van der Waals surface area contributed by atoms with E-state index in [1.165, 1.54) is 47.4 Å². The highest BCUT2D eigenvalue weighted by atomic mass is 19.1. The summed E-state index contributed by atoms with van der Waals surface area (Å²) < 4.78 is 19.2. The van der Waals surface area contributed by atoms with Gasteiger partial charge in [0.1, 0.15) is 17.3 Å². The number of hydrogen-bond donors (Lipinski definition) is 2. The van der Waals surface area contributed by atoms with Crippen LogP contribution in [0.3, 0.4) is 0 Å². The first-order chi connectivity index (χ1) is 15.9. The minimum atomic E-state index is -1.14. The summed E-state index contributed by atoms with van der Waals surface area (Å²) in [5.74, 6) is -3.61. The molecular weight excluding hydrogens is 429 g/mol. The average Bonchev–Trinajstić information content (AvgIpc) is 3.08. The molecule has 0 saturated carbocycles. The summed E-state index contributed by atoms with van der Waals surface area (Å²) in [5, 5.41) is 19.7. The number of benzene rings is 3. The van der Waals surface area contributed by atoms with Crippen molar-refractivity contribution in [2.45, 2.75) is 6.04 Å². The van der Waals surface area contributed by atoms with Crippen LogP contribution in [0.25, 0.3) is 5.76 Å². The van der Waals surface area contributed by atoms with Crippen molar-refractivity contribution >= 4 is 29.1 Å². The number of rotatable bonds is 6. The summed E-state index contributed by atoms with van der Waals surface area (Å²) >= 11 is 0. The van der Waals surface area contributed by atoms with Crippen LogP contribution in [-0.2, 0) is 14.4 Å². The molecule has 8 heteroatoms. The number of carboxylic acids is 1. The highest BCUT2D eigenvalue weighted by molar-refractivity contribution is 6.51. The largest absolute Gasteiger partial charge is 0.507 e. The van der Waals surface area contributed by atoms with Crippen molar-refractivity contribution in [3.05, 3.63) is 101 Å². The van der Waals surface area contributed by atoms with Crippen LogP contribution in [0.4, 0.5) is 10.1 Å². The molecule has 3 aromatic rings. The van der Waals surface area contributed by atoms with Crippen molar-refractivity contribution in [2.75, 3.05) is 11.5 Å². The summed E-state index contributed by atoms with van der Waals surface area (Å²) in [6.45, 7) is -0.537. The van der Waals surface area contributed by atoms with E-state index in [1.54, 1.807) is 36.4 Å². The second kappa shape index (κ2) is 8.96. The van der Waals surface area contributed by atoms with Crippen molar-refractivity contribution in [1.29, 1.82) is 0 Å². The van der Waals surface area contributed by atoms with E-state index >= 15 is 0 Å². The average molecular weight is 447 g/mol. The SMILES string of the molecule is O=C(O)COc1ccc(N2C(=O)C(=O)/C(=C(/O)c3ccccc3)C2c2cccc(F)c2)cc1. The number of aliphatic hydroxyl groups excluding tert-OH is 1. The van der Waals surface area contributed by atoms with Crippen LogP contribution >= 0.6 is 0 Å². The molecule has 166 valence electrons. The number of anilines is 1. The minimum absolute atomic E-state index is 0.164. The maximum absolute atomic E-state index is 14.1. The van der Waals surface area contributed by atoms with Crippen LogP contribution in [0.5, 0.6) is 5.75 Å². The number of carbonyl (C=O) groups excluding carboxylic acids is 2. The van der Waals surface area contributed by atoms with E-state index in [0.717, 1.165) is 0 Å². The fraction of sp³-hybridized carbons (Fsp3) is 0.0800. The zero-order chi connectivity index (χ0) is 23.5. The fourth-order valence-corrected chi connectivity index (χ4v) is 3.69. The van der Waals surface area contributed by atoms with Gasteiger partial charge < -0.3 is 14.9 Å². The number of Topliss-reactive ketones (excluding diaryl/α,β-unsaturated/α-hetero) is 1. The number of hydrogen-bond acceptors (Lipinski definition) is 5. The van der Waals surface area contributed by atoms with Gasteiger partial charge in [0.25, 0.3) is 11.7 Å². The van der Waals surface area contributed by atoms with Crippen LogP contribution in [0.15, 0.2) is 84.4 Å². The van der Waals surface area contributed by atoms with E-state index in [4.69, 9.17) is 9.84 Å². The molecule has 1 atom stereocenters. The van der Waals surface area contributed by atoms with E-state index in [9.17, 15) is 23.9 Å². The standard InChI is InChI=1S/C25H18FNO6/c26-17-8-4-7-16(13-17)22-21(23(30)15-5-2-1-3-6-15)24(31)25(32)27(22)18-9-11-19(12-10-18)33-14-20(28)29/h1-13,22,30H,14H2,(H,28,29)/b23-21+. The normalized spacial score (nSPS) is 17.2. The van der Waals surface area contributed by atoms with Gasteiger partial charge >= 0.3 is 5.97 Å². The van der Waals surface area contributed by atoms with E-state index in [0.29, 0.717) is 16.8 Å². The third kappa shape index (κ3) is 4.31. The third-order valence-electron chi connectivity index (χ3n) is 5.13. The van der Waals surface area contributed by atoms with Crippen LogP contribution in [0, 0.1) is 5.82 Å². The van der Waals surface area contributed by atoms with Gasteiger partial charge in [0.05, 0.1) is 11.6 Å². The lowest BCUT2D eigenvalue weighted by molar-refractivity contribution is -0.139. The molecule has 0 aromatic heterocycles. The van der Waals surface area contributed by atoms with Crippen molar-refractivity contribution < 1.29 is 33.7 Å². The molecule has 3 aromatic carbocycles. The van der Waals surface area contributed by atoms with E-state index in [2.05, 4.69) is 0 Å². The van der Waals surface area contributed by atoms with Crippen LogP contribution in [0.1, 0.15) is 17.2 Å². The lowest BCUT2D eigenvalue weighted by atomic mass is 9.95. The van der Waals surface area contributed by atoms with Gasteiger partial charge in [-0.1, -0.05) is 42.5 Å². The first kappa shape index (κ1) is 21.8. The molecule has 0 bridgehead atoms. The lowest BCUT2D eigenvalue weighted by Gasteiger charge is -2.25. The summed E-state index contributed by atoms with van der Waals surface area (Å²) in [5.41, 5.74) is 0.774. The maximum atomic E-state index is 14.1. The molecule has 1 unspecified atom stereocenters. The monoisotopic (exact) mass is 447 g/mol. The van der Waals surface area contributed by atoms with Gasteiger partial charge in [-0.15, -0.1) is 0 Å². The molecule has 4 rings (SSSR count). The number of aliphatic carboxylic acids is 1. The van der Waals surface area contributed by atoms with E-state index in [1.807, 2.05) is 0 Å². The first-order valence-corrected chi connectivity index (χ1v) is 9.93. The Hall–Kier alpha value is -4.46. The quantitative estimate of drug-likeness (QED) is 0.337. The number of carboxylic acid groups (broad SMARTS) is 1. The predicted molar refractivity (Wildman–Crippen MR) is 117 cm³/mol. The first-order valence-electron chi connectivity index (χ1n) is 9.93. The Morgan fingerprint density at radius 3 is 2.27 bits per heavy atom. The topological polar surface area (TPSA) is 104 Å². The summed E-state index contributed by atoms with van der Waals surface area (Å²) in [4.78, 5) is 37.9. The summed E-state index contributed by atoms with van der Waals surface area (Å²) in [7, 11) is 0. The second-order valence-corrected chi connectivity index (χ2v) is 7.27. The third-order valence-corrected chi connectivity index (χ3v) is 5.13. The Bertz CT molecular complexity index is 1250. The maximum Gasteiger partial charge on any atom is 0.341 e. The number of aliphatic hydroxyl groups is 1. The number of amides is 1. The van der Waals surface area contributed by atoms with E-state index in [-0.39, 0.29) is 17.1 Å². The number of carbonyl (C=O) groups is 3. The molecule has 1 amide bonds. The molecule has 0 radical (unpaired) electrons. The molecule has 1 fully saturated rings. The Morgan fingerprint density at radius 1 is 0.939 bits per heavy atom. The van der Waals surface area contributed by atoms with Crippen molar-refractivity contribution in [1.82, 2.24) is 0 Å². The van der Waals surface area contributed by atoms with Gasteiger partial charge in [0.2, 0.25) is 0 Å². The Morgan fingerprint density at radius 2 is 1.64 bits per heavy atom. The minimum Gasteiger partial charge on any atom is -0.507 e. The molecule has 1 aliphatic rings. The van der Waals surface area contributed by atoms with Crippen molar-refractivity contribution in [2.24, 2.45) is 0 Å². The highest BCUT2D eigenvalue weighted by Crippen LogP contribution is 2.42. The van der Waals surface area contributed by atoms with Gasteiger partial charge in [-0.3, -0.25) is 14.5 Å². The van der Waals surface area contributed by atoms with Gasteiger partial charge in [0, 0.05) is 11.3 Å². The Balaban J connectivity index is 1.83. The highest BCUT2D eigenvalue weighted by Gasteiger charge is 2.47. The smallest absolute Gasteiger partial charge is 0.341 e. The second-order valence-electron chi connectivity index (χ2n) is 7.27. The molecule has 1 aliphatic heterocycles. The molecular formula is C25H18FNO6. The van der Waals surface area contributed by atoms with Gasteiger partial charge in [-0.2, -0.15) is 0 Å². The summed E-state index contributed by atoms with van der Waals surface area (Å²) in [6, 6.07) is 18.6. The van der Waals surface area contributed by atoms with Gasteiger partial charge in [-0.25, -0.2) is 9.18 Å². The molecule has 7 nitrogen and oxygen atoms in total. The molecule has 1 saturated heterocycles.